The maximum atomic E-state index is 12.2. The number of carbonyl (C=O) groups excluding carboxylic acids is 2. The lowest BCUT2D eigenvalue weighted by Gasteiger charge is -2.26. The van der Waals surface area contributed by atoms with Gasteiger partial charge in [-0.1, -0.05) is 18.2 Å². The summed E-state index contributed by atoms with van der Waals surface area (Å²) in [6, 6.07) is 7.11. The van der Waals surface area contributed by atoms with Crippen molar-refractivity contribution in [2.24, 2.45) is 0 Å². The first-order valence-corrected chi connectivity index (χ1v) is 7.04. The summed E-state index contributed by atoms with van der Waals surface area (Å²) in [5, 5.41) is 0. The molecule has 0 heterocycles. The lowest BCUT2D eigenvalue weighted by atomic mass is 10.1. The molecule has 1 rings (SSSR count). The maximum Gasteiger partial charge on any atom is 0.415 e. The Kier molecular flexibility index (Phi) is 6.16. The van der Waals surface area contributed by atoms with Gasteiger partial charge in [0, 0.05) is 12.2 Å². The van der Waals surface area contributed by atoms with Crippen molar-refractivity contribution in [2.75, 3.05) is 18.6 Å². The normalized spacial score (nSPS) is 10.7. The topological polar surface area (TPSA) is 55.8 Å². The van der Waals surface area contributed by atoms with E-state index in [-0.39, 0.29) is 12.4 Å². The van der Waals surface area contributed by atoms with Gasteiger partial charge in [0.25, 0.3) is 0 Å². The number of rotatable bonds is 5. The molecule has 5 nitrogen and oxygen atoms in total. The van der Waals surface area contributed by atoms with Crippen LogP contribution in [0.25, 0.3) is 0 Å². The Hall–Kier alpha value is -2.30. The Bertz CT molecular complexity index is 529. The fourth-order valence-corrected chi connectivity index (χ4v) is 1.76. The summed E-state index contributed by atoms with van der Waals surface area (Å²) in [7, 11) is 1.35. The van der Waals surface area contributed by atoms with Gasteiger partial charge in [0.05, 0.1) is 13.5 Å². The Morgan fingerprint density at radius 1 is 1.23 bits per heavy atom. The number of amides is 1. The fourth-order valence-electron chi connectivity index (χ4n) is 1.76. The summed E-state index contributed by atoms with van der Waals surface area (Å²) in [6.45, 7) is 9.45. The molecule has 0 aliphatic carbocycles. The highest BCUT2D eigenvalue weighted by Crippen LogP contribution is 2.19. The second-order valence-corrected chi connectivity index (χ2v) is 5.80. The number of benzene rings is 1. The predicted octanol–water partition coefficient (Wildman–Crippen LogP) is 3.33. The molecule has 0 unspecified atom stereocenters. The van der Waals surface area contributed by atoms with E-state index in [1.165, 1.54) is 12.0 Å². The molecule has 0 aromatic heterocycles. The van der Waals surface area contributed by atoms with Crippen LogP contribution in [0.4, 0.5) is 10.5 Å². The van der Waals surface area contributed by atoms with Crippen molar-refractivity contribution in [1.29, 1.82) is 0 Å². The summed E-state index contributed by atoms with van der Waals surface area (Å²) in [6.07, 6.45) is 1.39. The van der Waals surface area contributed by atoms with Gasteiger partial charge in [-0.3, -0.25) is 9.69 Å². The first kappa shape index (κ1) is 17.8. The van der Waals surface area contributed by atoms with Gasteiger partial charge in [0.2, 0.25) is 0 Å². The number of hydrogen-bond donors (Lipinski definition) is 0. The van der Waals surface area contributed by atoms with E-state index < -0.39 is 11.7 Å². The zero-order chi connectivity index (χ0) is 16.8. The second kappa shape index (κ2) is 7.64. The van der Waals surface area contributed by atoms with Crippen molar-refractivity contribution in [3.05, 3.63) is 42.5 Å². The van der Waals surface area contributed by atoms with Crippen LogP contribution >= 0.6 is 0 Å². The fraction of sp³-hybridized carbons (Fsp3) is 0.412. The lowest BCUT2D eigenvalue weighted by molar-refractivity contribution is -0.139. The number of carbonyl (C=O) groups is 2. The van der Waals surface area contributed by atoms with Crippen molar-refractivity contribution in [1.82, 2.24) is 0 Å². The minimum atomic E-state index is -0.568. The van der Waals surface area contributed by atoms with E-state index in [1.807, 2.05) is 20.8 Å². The number of nitrogens with zero attached hydrogens (tertiary/aromatic N) is 1. The minimum Gasteiger partial charge on any atom is -0.469 e. The maximum absolute atomic E-state index is 12.2. The molecule has 0 fully saturated rings. The summed E-state index contributed by atoms with van der Waals surface area (Å²) in [5.74, 6) is -0.303. The van der Waals surface area contributed by atoms with Crippen molar-refractivity contribution in [3.63, 3.8) is 0 Å². The molecule has 0 saturated carbocycles. The lowest BCUT2D eigenvalue weighted by Crippen LogP contribution is -2.37. The van der Waals surface area contributed by atoms with E-state index in [4.69, 9.17) is 4.74 Å². The van der Waals surface area contributed by atoms with Gasteiger partial charge in [-0.15, -0.1) is 6.58 Å². The molecule has 0 saturated heterocycles. The molecule has 1 amide bonds. The third-order valence-electron chi connectivity index (χ3n) is 2.75. The smallest absolute Gasteiger partial charge is 0.415 e. The van der Waals surface area contributed by atoms with E-state index >= 15 is 0 Å². The van der Waals surface area contributed by atoms with Crippen molar-refractivity contribution >= 4 is 17.7 Å². The highest BCUT2D eigenvalue weighted by atomic mass is 16.6. The standard InChI is InChI=1S/C17H23NO4/c1-6-11-18(16(20)22-17(2,3)4)14-9-7-13(8-10-14)12-15(19)21-5/h6-10H,1,11-12H2,2-5H3. The van der Waals surface area contributed by atoms with E-state index in [2.05, 4.69) is 11.3 Å². The Morgan fingerprint density at radius 3 is 2.27 bits per heavy atom. The summed E-state index contributed by atoms with van der Waals surface area (Å²) < 4.78 is 10.0. The summed E-state index contributed by atoms with van der Waals surface area (Å²) in [5.41, 5.74) is 0.933. The van der Waals surface area contributed by atoms with Crippen LogP contribution in [0.1, 0.15) is 26.3 Å². The van der Waals surface area contributed by atoms with Gasteiger partial charge in [0.15, 0.2) is 0 Å². The van der Waals surface area contributed by atoms with Gasteiger partial charge in [-0.2, -0.15) is 0 Å². The van der Waals surface area contributed by atoms with Crippen LogP contribution in [0.15, 0.2) is 36.9 Å². The van der Waals surface area contributed by atoms with Crippen molar-refractivity contribution < 1.29 is 19.1 Å². The third-order valence-corrected chi connectivity index (χ3v) is 2.75. The van der Waals surface area contributed by atoms with Crippen LogP contribution in [0.2, 0.25) is 0 Å². The minimum absolute atomic E-state index is 0.199. The van der Waals surface area contributed by atoms with Crippen LogP contribution in [0.5, 0.6) is 0 Å². The van der Waals surface area contributed by atoms with Crippen LogP contribution < -0.4 is 4.90 Å². The largest absolute Gasteiger partial charge is 0.469 e. The number of hydrogen-bond acceptors (Lipinski definition) is 4. The van der Waals surface area contributed by atoms with Crippen LogP contribution in [0.3, 0.4) is 0 Å². The van der Waals surface area contributed by atoms with Crippen LogP contribution in [-0.4, -0.2) is 31.3 Å². The van der Waals surface area contributed by atoms with Crippen molar-refractivity contribution in [2.45, 2.75) is 32.8 Å². The number of anilines is 1. The van der Waals surface area contributed by atoms with E-state index in [0.717, 1.165) is 5.56 Å². The molecular formula is C17H23NO4. The average molecular weight is 305 g/mol. The molecule has 22 heavy (non-hydrogen) atoms. The molecule has 0 spiro atoms. The Balaban J connectivity index is 2.90. The summed E-state index contributed by atoms with van der Waals surface area (Å²) >= 11 is 0. The first-order chi connectivity index (χ1) is 10.3. The van der Waals surface area contributed by atoms with E-state index in [9.17, 15) is 9.59 Å². The zero-order valence-electron chi connectivity index (χ0n) is 13.6. The first-order valence-electron chi connectivity index (χ1n) is 7.04. The monoisotopic (exact) mass is 305 g/mol. The highest BCUT2D eigenvalue weighted by Gasteiger charge is 2.22. The van der Waals surface area contributed by atoms with Gasteiger partial charge >= 0.3 is 12.1 Å². The quantitative estimate of drug-likeness (QED) is 0.618. The molecule has 1 aromatic rings. The Labute approximate surface area is 131 Å². The molecule has 1 aromatic carbocycles. The highest BCUT2D eigenvalue weighted by molar-refractivity contribution is 5.88. The number of methoxy groups -OCH3 is 1. The molecule has 0 aliphatic heterocycles. The molecule has 0 atom stereocenters. The van der Waals surface area contributed by atoms with Crippen molar-refractivity contribution in [3.8, 4) is 0 Å². The molecular weight excluding hydrogens is 282 g/mol. The second-order valence-electron chi connectivity index (χ2n) is 5.80. The molecule has 0 N–H and O–H groups in total. The molecule has 5 heteroatoms. The van der Waals surface area contributed by atoms with Crippen LogP contribution in [-0.2, 0) is 20.7 Å². The molecule has 0 aliphatic rings. The zero-order valence-corrected chi connectivity index (χ0v) is 13.6. The van der Waals surface area contributed by atoms with Gasteiger partial charge in [-0.25, -0.2) is 4.79 Å². The number of esters is 1. The summed E-state index contributed by atoms with van der Waals surface area (Å²) in [4.78, 5) is 25.0. The number of ether oxygens (including phenoxy) is 2. The van der Waals surface area contributed by atoms with Gasteiger partial charge in [0.1, 0.15) is 5.60 Å². The van der Waals surface area contributed by atoms with E-state index in [1.54, 1.807) is 30.3 Å². The SMILES string of the molecule is C=CCN(C(=O)OC(C)(C)C)c1ccc(CC(=O)OC)cc1. The van der Waals surface area contributed by atoms with E-state index in [0.29, 0.717) is 12.2 Å². The molecule has 0 radical (unpaired) electrons. The molecule has 0 bridgehead atoms. The Morgan fingerprint density at radius 2 is 1.82 bits per heavy atom. The molecule has 120 valence electrons. The van der Waals surface area contributed by atoms with Gasteiger partial charge in [-0.05, 0) is 38.5 Å². The van der Waals surface area contributed by atoms with Gasteiger partial charge < -0.3 is 9.47 Å². The predicted molar refractivity (Wildman–Crippen MR) is 85.9 cm³/mol. The third kappa shape index (κ3) is 5.60. The average Bonchev–Trinajstić information content (AvgIpc) is 2.43. The van der Waals surface area contributed by atoms with Crippen LogP contribution in [0, 0.1) is 0 Å².